The van der Waals surface area contributed by atoms with Gasteiger partial charge in [0.2, 0.25) is 0 Å². The standard InChI is InChI=1S/C17H18N2.C2H6/c1-10-7-11(2)17-15(9-19)13-6-4-3-5-12(13)14(8-18)16(10)17;1-2/h3-6H,1-2,7-9,18-19H2;1-2H3. The molecule has 0 radical (unpaired) electrons. The quantitative estimate of drug-likeness (QED) is 0.865. The van der Waals surface area contributed by atoms with E-state index in [4.69, 9.17) is 11.5 Å². The van der Waals surface area contributed by atoms with E-state index in [1.165, 1.54) is 33.0 Å². The smallest absolute Gasteiger partial charge is 0.0190 e. The van der Waals surface area contributed by atoms with Crippen molar-refractivity contribution in [3.05, 3.63) is 59.7 Å². The lowest BCUT2D eigenvalue weighted by Crippen LogP contribution is -2.08. The van der Waals surface area contributed by atoms with Crippen LogP contribution in [0.15, 0.2) is 37.4 Å². The lowest BCUT2D eigenvalue weighted by atomic mass is 9.89. The van der Waals surface area contributed by atoms with Crippen molar-refractivity contribution in [2.45, 2.75) is 33.4 Å². The molecule has 110 valence electrons. The maximum absolute atomic E-state index is 5.99. The molecule has 2 aromatic carbocycles. The summed E-state index contributed by atoms with van der Waals surface area (Å²) in [5.74, 6) is 0. The van der Waals surface area contributed by atoms with E-state index in [0.29, 0.717) is 13.1 Å². The van der Waals surface area contributed by atoms with E-state index in [2.05, 4.69) is 25.3 Å². The van der Waals surface area contributed by atoms with Gasteiger partial charge in [0, 0.05) is 13.1 Å². The number of hydrogen-bond acceptors (Lipinski definition) is 2. The van der Waals surface area contributed by atoms with Crippen LogP contribution in [0.4, 0.5) is 0 Å². The Bertz CT molecular complexity index is 651. The lowest BCUT2D eigenvalue weighted by Gasteiger charge is -2.17. The van der Waals surface area contributed by atoms with Gasteiger partial charge in [0.1, 0.15) is 0 Å². The molecule has 0 amide bonds. The first-order valence-corrected chi connectivity index (χ1v) is 7.52. The maximum Gasteiger partial charge on any atom is 0.0190 e. The molecule has 21 heavy (non-hydrogen) atoms. The average molecular weight is 280 g/mol. The Morgan fingerprint density at radius 1 is 0.857 bits per heavy atom. The number of benzene rings is 2. The second kappa shape index (κ2) is 6.25. The third kappa shape index (κ3) is 2.31. The van der Waals surface area contributed by atoms with Gasteiger partial charge in [-0.3, -0.25) is 0 Å². The first-order chi connectivity index (χ1) is 10.2. The van der Waals surface area contributed by atoms with Crippen molar-refractivity contribution >= 4 is 21.9 Å². The predicted octanol–water partition coefficient (Wildman–Crippen LogP) is 4.21. The summed E-state index contributed by atoms with van der Waals surface area (Å²) >= 11 is 0. The molecule has 0 fully saturated rings. The van der Waals surface area contributed by atoms with E-state index >= 15 is 0 Å². The van der Waals surface area contributed by atoms with Crippen molar-refractivity contribution in [1.29, 1.82) is 0 Å². The fraction of sp³-hybridized carbons (Fsp3) is 0.263. The highest BCUT2D eigenvalue weighted by atomic mass is 14.6. The first-order valence-electron chi connectivity index (χ1n) is 7.52. The Morgan fingerprint density at radius 3 is 1.57 bits per heavy atom. The molecule has 0 heterocycles. The fourth-order valence-corrected chi connectivity index (χ4v) is 3.22. The summed E-state index contributed by atoms with van der Waals surface area (Å²) in [6.45, 7) is 13.4. The first kappa shape index (κ1) is 15.5. The van der Waals surface area contributed by atoms with Gasteiger partial charge < -0.3 is 11.5 Å². The van der Waals surface area contributed by atoms with E-state index in [1.54, 1.807) is 0 Å². The third-order valence-corrected chi connectivity index (χ3v) is 3.97. The molecule has 0 aromatic heterocycles. The molecule has 0 saturated carbocycles. The van der Waals surface area contributed by atoms with Gasteiger partial charge in [0.25, 0.3) is 0 Å². The van der Waals surface area contributed by atoms with E-state index < -0.39 is 0 Å². The molecule has 0 aliphatic heterocycles. The minimum absolute atomic E-state index is 0.514. The van der Waals surface area contributed by atoms with Gasteiger partial charge in [0.05, 0.1) is 0 Å². The normalized spacial score (nSPS) is 13.1. The van der Waals surface area contributed by atoms with Crippen molar-refractivity contribution in [3.8, 4) is 0 Å². The van der Waals surface area contributed by atoms with Gasteiger partial charge >= 0.3 is 0 Å². The van der Waals surface area contributed by atoms with Crippen LogP contribution in [0, 0.1) is 0 Å². The van der Waals surface area contributed by atoms with Crippen LogP contribution in [0.1, 0.15) is 42.5 Å². The topological polar surface area (TPSA) is 52.0 Å². The van der Waals surface area contributed by atoms with Gasteiger partial charge in [-0.2, -0.15) is 0 Å². The summed E-state index contributed by atoms with van der Waals surface area (Å²) < 4.78 is 0. The minimum atomic E-state index is 0.514. The van der Waals surface area contributed by atoms with Crippen LogP contribution in [-0.4, -0.2) is 0 Å². The Morgan fingerprint density at radius 2 is 1.24 bits per heavy atom. The molecular formula is C19H24N2. The summed E-state index contributed by atoms with van der Waals surface area (Å²) in [7, 11) is 0. The summed E-state index contributed by atoms with van der Waals surface area (Å²) in [6.07, 6.45) is 0.825. The van der Waals surface area contributed by atoms with Crippen LogP contribution < -0.4 is 11.5 Å². The number of allylic oxidation sites excluding steroid dienone is 2. The fourth-order valence-electron chi connectivity index (χ4n) is 3.22. The average Bonchev–Trinajstić information content (AvgIpc) is 2.82. The number of fused-ring (bicyclic) bond motifs is 2. The zero-order valence-electron chi connectivity index (χ0n) is 13.0. The highest BCUT2D eigenvalue weighted by Gasteiger charge is 2.26. The number of nitrogens with two attached hydrogens (primary N) is 2. The lowest BCUT2D eigenvalue weighted by molar-refractivity contribution is 1.05. The van der Waals surface area contributed by atoms with Crippen molar-refractivity contribution in [3.63, 3.8) is 0 Å². The molecule has 0 unspecified atom stereocenters. The van der Waals surface area contributed by atoms with Crippen LogP contribution in [0.5, 0.6) is 0 Å². The molecule has 0 saturated heterocycles. The van der Waals surface area contributed by atoms with Gasteiger partial charge in [-0.05, 0) is 50.6 Å². The Balaban J connectivity index is 0.000000774. The van der Waals surface area contributed by atoms with Crippen LogP contribution in [0.2, 0.25) is 0 Å². The number of rotatable bonds is 2. The van der Waals surface area contributed by atoms with Gasteiger partial charge in [-0.15, -0.1) is 0 Å². The third-order valence-electron chi connectivity index (χ3n) is 3.97. The van der Waals surface area contributed by atoms with Crippen molar-refractivity contribution in [2.75, 3.05) is 0 Å². The summed E-state index contributed by atoms with van der Waals surface area (Å²) in [4.78, 5) is 0. The minimum Gasteiger partial charge on any atom is -0.326 e. The predicted molar refractivity (Wildman–Crippen MR) is 93.8 cm³/mol. The Hall–Kier alpha value is -1.90. The molecule has 0 atom stereocenters. The summed E-state index contributed by atoms with van der Waals surface area (Å²) in [6, 6.07) is 8.32. The van der Waals surface area contributed by atoms with Crippen LogP contribution in [-0.2, 0) is 13.1 Å². The summed E-state index contributed by atoms with van der Waals surface area (Å²) in [5, 5.41) is 2.39. The maximum atomic E-state index is 5.99. The molecular weight excluding hydrogens is 256 g/mol. The van der Waals surface area contributed by atoms with Gasteiger partial charge in [-0.25, -0.2) is 0 Å². The van der Waals surface area contributed by atoms with Crippen LogP contribution in [0.3, 0.4) is 0 Å². The van der Waals surface area contributed by atoms with E-state index in [0.717, 1.165) is 17.6 Å². The highest BCUT2D eigenvalue weighted by Crippen LogP contribution is 2.45. The zero-order chi connectivity index (χ0) is 15.6. The molecule has 0 bridgehead atoms. The SMILES string of the molecule is C=C1CC(=C)c2c1c(CN)c1ccccc1c2CN.CC. The molecule has 2 heteroatoms. The molecule has 4 N–H and O–H groups in total. The van der Waals surface area contributed by atoms with Crippen molar-refractivity contribution in [1.82, 2.24) is 0 Å². The van der Waals surface area contributed by atoms with Crippen molar-refractivity contribution in [2.24, 2.45) is 11.5 Å². The van der Waals surface area contributed by atoms with E-state index in [-0.39, 0.29) is 0 Å². The van der Waals surface area contributed by atoms with Gasteiger partial charge in [0.15, 0.2) is 0 Å². The molecule has 1 aliphatic rings. The second-order valence-corrected chi connectivity index (χ2v) is 5.04. The van der Waals surface area contributed by atoms with Crippen molar-refractivity contribution < 1.29 is 0 Å². The molecule has 3 rings (SSSR count). The molecule has 2 nitrogen and oxygen atoms in total. The summed E-state index contributed by atoms with van der Waals surface area (Å²) in [5.41, 5.74) is 18.9. The molecule has 0 spiro atoms. The molecule has 2 aromatic rings. The second-order valence-electron chi connectivity index (χ2n) is 5.04. The molecule has 1 aliphatic carbocycles. The largest absolute Gasteiger partial charge is 0.326 e. The highest BCUT2D eigenvalue weighted by molar-refractivity contribution is 6.03. The number of hydrogen-bond donors (Lipinski definition) is 2. The van der Waals surface area contributed by atoms with Crippen LogP contribution >= 0.6 is 0 Å². The Labute approximate surface area is 127 Å². The van der Waals surface area contributed by atoms with Crippen LogP contribution in [0.25, 0.3) is 21.9 Å². The van der Waals surface area contributed by atoms with E-state index in [9.17, 15) is 0 Å². The monoisotopic (exact) mass is 280 g/mol. The van der Waals surface area contributed by atoms with E-state index in [1.807, 2.05) is 26.0 Å². The van der Waals surface area contributed by atoms with Gasteiger partial charge in [-0.1, -0.05) is 51.3 Å². The zero-order valence-corrected chi connectivity index (χ0v) is 13.0. The Kier molecular flexibility index (Phi) is 4.61.